The monoisotopic (exact) mass is 245 g/mol. The molecule has 16 heavy (non-hydrogen) atoms. The van der Waals surface area contributed by atoms with Crippen molar-refractivity contribution < 1.29 is 9.53 Å². The molecule has 1 unspecified atom stereocenters. The molecule has 0 saturated heterocycles. The van der Waals surface area contributed by atoms with Gasteiger partial charge in [0.25, 0.3) is 0 Å². The lowest BCUT2D eigenvalue weighted by atomic mass is 10.1. The lowest BCUT2D eigenvalue weighted by Crippen LogP contribution is -2.32. The minimum absolute atomic E-state index is 0. The number of halogens is 1. The van der Waals surface area contributed by atoms with Crippen LogP contribution >= 0.6 is 12.4 Å². The summed E-state index contributed by atoms with van der Waals surface area (Å²) in [4.78, 5) is 19.2. The predicted octanol–water partition coefficient (Wildman–Crippen LogP) is 0.721. The Morgan fingerprint density at radius 3 is 2.88 bits per heavy atom. The van der Waals surface area contributed by atoms with Crippen molar-refractivity contribution >= 4 is 18.4 Å². The summed E-state index contributed by atoms with van der Waals surface area (Å²) in [5.74, 6) is -0.360. The molecule has 1 aromatic heterocycles. The van der Waals surface area contributed by atoms with Crippen LogP contribution in [0.25, 0.3) is 0 Å². The van der Waals surface area contributed by atoms with Crippen LogP contribution in [-0.4, -0.2) is 28.6 Å². The van der Waals surface area contributed by atoms with E-state index in [2.05, 4.69) is 9.97 Å². The number of ether oxygens (including phenoxy) is 1. The molecule has 0 bridgehead atoms. The van der Waals surface area contributed by atoms with Gasteiger partial charge < -0.3 is 10.5 Å². The first kappa shape index (κ1) is 14.8. The molecule has 0 aliphatic heterocycles. The molecule has 2 N–H and O–H groups in total. The Morgan fingerprint density at radius 1 is 1.56 bits per heavy atom. The maximum atomic E-state index is 11.2. The van der Waals surface area contributed by atoms with Crippen molar-refractivity contribution in [2.24, 2.45) is 5.73 Å². The number of nitrogens with two attached hydrogens (primary N) is 1. The van der Waals surface area contributed by atoms with E-state index in [4.69, 9.17) is 10.5 Å². The summed E-state index contributed by atoms with van der Waals surface area (Å²) >= 11 is 0. The number of aryl methyl sites for hydroxylation is 1. The Hall–Kier alpha value is -1.20. The average Bonchev–Trinajstić information content (AvgIpc) is 2.27. The molecule has 1 aromatic rings. The number of carbonyl (C=O) groups excluding carboxylic acids is 1. The van der Waals surface area contributed by atoms with E-state index in [9.17, 15) is 4.79 Å². The lowest BCUT2D eigenvalue weighted by Gasteiger charge is -2.09. The smallest absolute Gasteiger partial charge is 0.322 e. The number of rotatable bonds is 5. The predicted molar refractivity (Wildman–Crippen MR) is 62.2 cm³/mol. The third-order valence-electron chi connectivity index (χ3n) is 1.92. The molecule has 0 radical (unpaired) electrons. The second-order valence-electron chi connectivity index (χ2n) is 3.09. The van der Waals surface area contributed by atoms with Gasteiger partial charge in [0, 0.05) is 18.6 Å². The van der Waals surface area contributed by atoms with Gasteiger partial charge in [-0.25, -0.2) is 0 Å². The van der Waals surface area contributed by atoms with E-state index in [0.717, 1.165) is 5.69 Å². The Kier molecular flexibility index (Phi) is 7.41. The highest BCUT2D eigenvalue weighted by atomic mass is 35.5. The normalized spacial score (nSPS) is 11.4. The highest BCUT2D eigenvalue weighted by Gasteiger charge is 2.14. The quantitative estimate of drug-likeness (QED) is 0.774. The maximum absolute atomic E-state index is 11.2. The number of nitrogens with zero attached hydrogens (tertiary/aromatic N) is 2. The van der Waals surface area contributed by atoms with E-state index < -0.39 is 6.04 Å². The average molecular weight is 246 g/mol. The van der Waals surface area contributed by atoms with Gasteiger partial charge in [-0.15, -0.1) is 12.4 Å². The second kappa shape index (κ2) is 8.01. The van der Waals surface area contributed by atoms with E-state index in [1.165, 1.54) is 0 Å². The fourth-order valence-corrected chi connectivity index (χ4v) is 1.13. The van der Waals surface area contributed by atoms with Gasteiger partial charge >= 0.3 is 5.97 Å². The zero-order valence-electron chi connectivity index (χ0n) is 9.13. The molecular formula is C10H16ClN3O2. The first-order valence-electron chi connectivity index (χ1n) is 4.91. The number of hydrogen-bond donors (Lipinski definition) is 1. The van der Waals surface area contributed by atoms with E-state index >= 15 is 0 Å². The lowest BCUT2D eigenvalue weighted by molar-refractivity contribution is -0.144. The molecule has 0 saturated carbocycles. The fourth-order valence-electron chi connectivity index (χ4n) is 1.13. The van der Waals surface area contributed by atoms with Gasteiger partial charge in [0.2, 0.25) is 0 Å². The highest BCUT2D eigenvalue weighted by molar-refractivity contribution is 5.85. The zero-order valence-corrected chi connectivity index (χ0v) is 9.94. The number of esters is 1. The number of carbonyl (C=O) groups is 1. The SMILES string of the molecule is CCOC(=O)C(N)CCc1cnccn1.Cl. The van der Waals surface area contributed by atoms with Crippen molar-refractivity contribution in [3.8, 4) is 0 Å². The van der Waals surface area contributed by atoms with Crippen LogP contribution in [0.5, 0.6) is 0 Å². The van der Waals surface area contributed by atoms with Crippen molar-refractivity contribution in [1.82, 2.24) is 9.97 Å². The van der Waals surface area contributed by atoms with E-state index in [1.807, 2.05) is 0 Å². The van der Waals surface area contributed by atoms with Crippen molar-refractivity contribution in [1.29, 1.82) is 0 Å². The van der Waals surface area contributed by atoms with Crippen molar-refractivity contribution in [3.05, 3.63) is 24.3 Å². The molecule has 0 amide bonds. The fraction of sp³-hybridized carbons (Fsp3) is 0.500. The number of hydrogen-bond acceptors (Lipinski definition) is 5. The van der Waals surface area contributed by atoms with Crippen LogP contribution in [0.2, 0.25) is 0 Å². The zero-order chi connectivity index (χ0) is 11.1. The summed E-state index contributed by atoms with van der Waals surface area (Å²) in [5, 5.41) is 0. The molecule has 0 aliphatic rings. The van der Waals surface area contributed by atoms with Gasteiger partial charge in [0.1, 0.15) is 6.04 Å². The minimum Gasteiger partial charge on any atom is -0.465 e. The first-order valence-corrected chi connectivity index (χ1v) is 4.91. The van der Waals surface area contributed by atoms with Gasteiger partial charge in [-0.2, -0.15) is 0 Å². The van der Waals surface area contributed by atoms with E-state index in [0.29, 0.717) is 19.4 Å². The molecule has 0 fully saturated rings. The van der Waals surface area contributed by atoms with Gasteiger partial charge in [0.05, 0.1) is 12.3 Å². The van der Waals surface area contributed by atoms with Crippen molar-refractivity contribution in [3.63, 3.8) is 0 Å². The summed E-state index contributed by atoms with van der Waals surface area (Å²) in [7, 11) is 0. The maximum Gasteiger partial charge on any atom is 0.322 e. The van der Waals surface area contributed by atoms with Crippen LogP contribution in [-0.2, 0) is 16.0 Å². The van der Waals surface area contributed by atoms with E-state index in [1.54, 1.807) is 25.5 Å². The standard InChI is InChI=1S/C10H15N3O2.ClH/c1-2-15-10(14)9(11)4-3-8-7-12-5-6-13-8;/h5-7,9H,2-4,11H2,1H3;1H. The van der Waals surface area contributed by atoms with Gasteiger partial charge in [0.15, 0.2) is 0 Å². The Bertz CT molecular complexity index is 308. The van der Waals surface area contributed by atoms with Crippen LogP contribution in [0.15, 0.2) is 18.6 Å². The minimum atomic E-state index is -0.577. The van der Waals surface area contributed by atoms with Crippen LogP contribution in [0.3, 0.4) is 0 Å². The Morgan fingerprint density at radius 2 is 2.31 bits per heavy atom. The van der Waals surface area contributed by atoms with Gasteiger partial charge in [-0.3, -0.25) is 14.8 Å². The van der Waals surface area contributed by atoms with Crippen LogP contribution in [0, 0.1) is 0 Å². The molecule has 1 rings (SSSR count). The summed E-state index contributed by atoms with van der Waals surface area (Å²) in [6.07, 6.45) is 6.04. The van der Waals surface area contributed by atoms with E-state index in [-0.39, 0.29) is 18.4 Å². The number of aromatic nitrogens is 2. The molecule has 6 heteroatoms. The van der Waals surface area contributed by atoms with Gasteiger partial charge in [-0.05, 0) is 19.8 Å². The molecule has 0 spiro atoms. The summed E-state index contributed by atoms with van der Waals surface area (Å²) in [6, 6.07) is -0.577. The third-order valence-corrected chi connectivity index (χ3v) is 1.92. The molecule has 90 valence electrons. The molecule has 1 atom stereocenters. The summed E-state index contributed by atoms with van der Waals surface area (Å²) in [6.45, 7) is 2.12. The summed E-state index contributed by atoms with van der Waals surface area (Å²) in [5.41, 5.74) is 6.46. The topological polar surface area (TPSA) is 78.1 Å². The van der Waals surface area contributed by atoms with Gasteiger partial charge in [-0.1, -0.05) is 0 Å². The van der Waals surface area contributed by atoms with Crippen LogP contribution in [0.4, 0.5) is 0 Å². The first-order chi connectivity index (χ1) is 7.24. The molecule has 5 nitrogen and oxygen atoms in total. The van der Waals surface area contributed by atoms with Crippen LogP contribution in [0.1, 0.15) is 19.0 Å². The Labute approximate surface area is 101 Å². The second-order valence-corrected chi connectivity index (χ2v) is 3.09. The molecular weight excluding hydrogens is 230 g/mol. The largest absolute Gasteiger partial charge is 0.465 e. The molecule has 0 aromatic carbocycles. The third kappa shape index (κ3) is 5.04. The van der Waals surface area contributed by atoms with Crippen molar-refractivity contribution in [2.45, 2.75) is 25.8 Å². The molecule has 1 heterocycles. The molecule has 0 aliphatic carbocycles. The van der Waals surface area contributed by atoms with Crippen molar-refractivity contribution in [2.75, 3.05) is 6.61 Å². The highest BCUT2D eigenvalue weighted by Crippen LogP contribution is 2.00. The Balaban J connectivity index is 0.00000225. The summed E-state index contributed by atoms with van der Waals surface area (Å²) < 4.78 is 4.79. The van der Waals surface area contributed by atoms with Crippen LogP contribution < -0.4 is 5.73 Å².